The summed E-state index contributed by atoms with van der Waals surface area (Å²) in [7, 11) is 1.35. The van der Waals surface area contributed by atoms with Gasteiger partial charge in [-0.3, -0.25) is 0 Å². The Bertz CT molecular complexity index is 938. The van der Waals surface area contributed by atoms with Gasteiger partial charge in [0, 0.05) is 11.1 Å². The number of hydrogen-bond acceptors (Lipinski definition) is 5. The van der Waals surface area contributed by atoms with E-state index in [4.69, 9.17) is 9.47 Å². The predicted octanol–water partition coefficient (Wildman–Crippen LogP) is 4.73. The van der Waals surface area contributed by atoms with Crippen LogP contribution in [0.3, 0.4) is 0 Å². The van der Waals surface area contributed by atoms with Crippen LogP contribution in [0.1, 0.15) is 29.9 Å². The molecule has 0 aliphatic carbocycles. The van der Waals surface area contributed by atoms with Crippen LogP contribution in [0.2, 0.25) is 0 Å². The highest BCUT2D eigenvalue weighted by Gasteiger charge is 2.13. The number of rotatable bonds is 6. The number of methoxy groups -OCH3 is 1. The molecule has 0 atom stereocenters. The van der Waals surface area contributed by atoms with Crippen molar-refractivity contribution in [3.8, 4) is 5.75 Å². The minimum atomic E-state index is -0.467. The van der Waals surface area contributed by atoms with E-state index in [1.165, 1.54) is 12.7 Å². The van der Waals surface area contributed by atoms with Crippen LogP contribution in [0.4, 0.5) is 11.4 Å². The van der Waals surface area contributed by atoms with Crippen molar-refractivity contribution < 1.29 is 14.3 Å². The second-order valence-corrected chi connectivity index (χ2v) is 5.84. The average Bonchev–Trinajstić information content (AvgIpc) is 2.68. The minimum Gasteiger partial charge on any atom is -0.494 e. The highest BCUT2D eigenvalue weighted by Crippen LogP contribution is 2.30. The van der Waals surface area contributed by atoms with Crippen molar-refractivity contribution in [1.82, 2.24) is 4.98 Å². The molecule has 0 amide bonds. The van der Waals surface area contributed by atoms with E-state index in [0.29, 0.717) is 12.1 Å². The largest absolute Gasteiger partial charge is 0.494 e. The molecular weight excluding hydrogens is 328 g/mol. The fourth-order valence-corrected chi connectivity index (χ4v) is 2.80. The van der Waals surface area contributed by atoms with Crippen molar-refractivity contribution in [3.05, 3.63) is 59.8 Å². The molecule has 0 aliphatic heterocycles. The van der Waals surface area contributed by atoms with E-state index >= 15 is 0 Å². The van der Waals surface area contributed by atoms with Crippen LogP contribution in [-0.4, -0.2) is 24.7 Å². The van der Waals surface area contributed by atoms with Crippen molar-refractivity contribution >= 4 is 28.2 Å². The van der Waals surface area contributed by atoms with Gasteiger partial charge in [0.2, 0.25) is 0 Å². The molecule has 1 N–H and O–H groups in total. The smallest absolute Gasteiger partial charge is 0.356 e. The Kier molecular flexibility index (Phi) is 5.37. The maximum Gasteiger partial charge on any atom is 0.356 e. The van der Waals surface area contributed by atoms with E-state index in [-0.39, 0.29) is 5.69 Å². The van der Waals surface area contributed by atoms with Crippen LogP contribution < -0.4 is 10.1 Å². The fraction of sp³-hybridized carbons (Fsp3) is 0.238. The number of ether oxygens (including phenoxy) is 2. The number of benzene rings is 2. The summed E-state index contributed by atoms with van der Waals surface area (Å²) in [6.45, 7) is 4.64. The fourth-order valence-electron chi connectivity index (χ4n) is 2.80. The van der Waals surface area contributed by atoms with Crippen molar-refractivity contribution in [2.45, 2.75) is 20.3 Å². The molecule has 0 aliphatic rings. The van der Waals surface area contributed by atoms with Gasteiger partial charge in [-0.15, -0.1) is 0 Å². The van der Waals surface area contributed by atoms with Crippen LogP contribution in [0.5, 0.6) is 5.75 Å². The van der Waals surface area contributed by atoms with E-state index in [9.17, 15) is 4.79 Å². The molecule has 5 nitrogen and oxygen atoms in total. The molecule has 26 heavy (non-hydrogen) atoms. The Hall–Kier alpha value is -3.08. The minimum absolute atomic E-state index is 0.262. The average molecular weight is 350 g/mol. The summed E-state index contributed by atoms with van der Waals surface area (Å²) in [5, 5.41) is 4.29. The number of esters is 1. The molecule has 0 radical (unpaired) electrons. The molecule has 0 unspecified atom stereocenters. The Morgan fingerprint density at radius 3 is 2.69 bits per heavy atom. The molecule has 1 heterocycles. The van der Waals surface area contributed by atoms with Crippen LogP contribution in [-0.2, 0) is 11.2 Å². The number of nitrogens with one attached hydrogen (secondary N) is 1. The summed E-state index contributed by atoms with van der Waals surface area (Å²) in [6.07, 6.45) is 0.953. The Labute approximate surface area is 153 Å². The van der Waals surface area contributed by atoms with Crippen LogP contribution in [0.15, 0.2) is 48.5 Å². The predicted molar refractivity (Wildman–Crippen MR) is 103 cm³/mol. The zero-order valence-corrected chi connectivity index (χ0v) is 15.2. The third-order valence-electron chi connectivity index (χ3n) is 4.10. The zero-order valence-electron chi connectivity index (χ0n) is 15.2. The first-order chi connectivity index (χ1) is 12.6. The quantitative estimate of drug-likeness (QED) is 0.652. The number of anilines is 2. The summed E-state index contributed by atoms with van der Waals surface area (Å²) >= 11 is 0. The van der Waals surface area contributed by atoms with Crippen molar-refractivity contribution in [3.63, 3.8) is 0 Å². The topological polar surface area (TPSA) is 60.5 Å². The van der Waals surface area contributed by atoms with Gasteiger partial charge in [-0.2, -0.15) is 0 Å². The normalized spacial score (nSPS) is 10.6. The van der Waals surface area contributed by atoms with E-state index in [1.54, 1.807) is 6.07 Å². The lowest BCUT2D eigenvalue weighted by molar-refractivity contribution is 0.0594. The Morgan fingerprint density at radius 1 is 1.12 bits per heavy atom. The lowest BCUT2D eigenvalue weighted by Gasteiger charge is -2.13. The number of hydrogen-bond donors (Lipinski definition) is 1. The van der Waals surface area contributed by atoms with Gasteiger partial charge in [-0.05, 0) is 55.3 Å². The standard InChI is InChI=1S/C21H22N2O3/c1-4-14-7-6-8-15(11-14)22-19-13-20(21(24)25-3)23-18-10-9-16(26-5-2)12-17(18)19/h6-13H,4-5H2,1-3H3,(H,22,23). The molecule has 0 spiro atoms. The van der Waals surface area contributed by atoms with Gasteiger partial charge < -0.3 is 14.8 Å². The van der Waals surface area contributed by atoms with Crippen LogP contribution >= 0.6 is 0 Å². The summed E-state index contributed by atoms with van der Waals surface area (Å²) in [5.74, 6) is 0.295. The van der Waals surface area contributed by atoms with Crippen molar-refractivity contribution in [1.29, 1.82) is 0 Å². The van der Waals surface area contributed by atoms with Gasteiger partial charge in [0.1, 0.15) is 5.75 Å². The number of carbonyl (C=O) groups is 1. The van der Waals surface area contributed by atoms with E-state index in [2.05, 4.69) is 29.4 Å². The number of carbonyl (C=O) groups excluding carboxylic acids is 1. The van der Waals surface area contributed by atoms with Gasteiger partial charge >= 0.3 is 5.97 Å². The van der Waals surface area contributed by atoms with Gasteiger partial charge in [0.05, 0.1) is 24.9 Å². The van der Waals surface area contributed by atoms with Crippen molar-refractivity contribution in [2.75, 3.05) is 19.0 Å². The number of aryl methyl sites for hydroxylation is 1. The Morgan fingerprint density at radius 2 is 1.96 bits per heavy atom. The first kappa shape index (κ1) is 17.7. The summed E-state index contributed by atoms with van der Waals surface area (Å²) in [5.41, 5.74) is 3.93. The monoisotopic (exact) mass is 350 g/mol. The van der Waals surface area contributed by atoms with Crippen molar-refractivity contribution in [2.24, 2.45) is 0 Å². The highest BCUT2D eigenvalue weighted by atomic mass is 16.5. The van der Waals surface area contributed by atoms with Gasteiger partial charge in [0.25, 0.3) is 0 Å². The van der Waals surface area contributed by atoms with Gasteiger partial charge in [0.15, 0.2) is 5.69 Å². The first-order valence-electron chi connectivity index (χ1n) is 8.66. The number of nitrogens with zero attached hydrogens (tertiary/aromatic N) is 1. The molecule has 3 rings (SSSR count). The molecule has 3 aromatic rings. The molecule has 0 bridgehead atoms. The van der Waals surface area contributed by atoms with Crippen LogP contribution in [0.25, 0.3) is 10.9 Å². The van der Waals surface area contributed by atoms with E-state index in [1.807, 2.05) is 37.3 Å². The highest BCUT2D eigenvalue weighted by molar-refractivity contribution is 5.99. The number of fused-ring (bicyclic) bond motifs is 1. The second kappa shape index (κ2) is 7.87. The molecule has 5 heteroatoms. The molecule has 134 valence electrons. The first-order valence-corrected chi connectivity index (χ1v) is 8.66. The zero-order chi connectivity index (χ0) is 18.5. The number of aromatic nitrogens is 1. The van der Waals surface area contributed by atoms with Gasteiger partial charge in [-0.1, -0.05) is 19.1 Å². The summed E-state index contributed by atoms with van der Waals surface area (Å²) in [6, 6.07) is 15.5. The van der Waals surface area contributed by atoms with Gasteiger partial charge in [-0.25, -0.2) is 9.78 Å². The van der Waals surface area contributed by atoms with E-state index < -0.39 is 5.97 Å². The second-order valence-electron chi connectivity index (χ2n) is 5.84. The van der Waals surface area contributed by atoms with Crippen LogP contribution in [0, 0.1) is 0 Å². The molecule has 1 aromatic heterocycles. The SMILES string of the molecule is CCOc1ccc2nc(C(=O)OC)cc(Nc3cccc(CC)c3)c2c1. The number of pyridine rings is 1. The maximum absolute atomic E-state index is 12.0. The Balaban J connectivity index is 2.11. The maximum atomic E-state index is 12.0. The third-order valence-corrected chi connectivity index (χ3v) is 4.10. The lowest BCUT2D eigenvalue weighted by Crippen LogP contribution is -2.06. The lowest BCUT2D eigenvalue weighted by atomic mass is 10.1. The summed E-state index contributed by atoms with van der Waals surface area (Å²) in [4.78, 5) is 16.4. The molecular formula is C21H22N2O3. The molecule has 0 saturated heterocycles. The molecule has 0 fully saturated rings. The van der Waals surface area contributed by atoms with E-state index in [0.717, 1.165) is 28.9 Å². The molecule has 2 aromatic carbocycles. The summed E-state index contributed by atoms with van der Waals surface area (Å²) < 4.78 is 10.4. The third kappa shape index (κ3) is 3.77. The molecule has 0 saturated carbocycles.